The number of anilines is 1. The Labute approximate surface area is 96.5 Å². The summed E-state index contributed by atoms with van der Waals surface area (Å²) in [5.74, 6) is 0.165. The molecule has 1 heterocycles. The number of halogens is 1. The minimum Gasteiger partial charge on any atom is -0.354 e. The molecule has 0 radical (unpaired) electrons. The van der Waals surface area contributed by atoms with Gasteiger partial charge in [-0.05, 0) is 18.9 Å². The van der Waals surface area contributed by atoms with E-state index in [-0.39, 0.29) is 12.4 Å². The summed E-state index contributed by atoms with van der Waals surface area (Å²) in [7, 11) is 0. The van der Waals surface area contributed by atoms with Gasteiger partial charge in [0, 0.05) is 31.4 Å². The number of rotatable bonds is 6. The monoisotopic (exact) mass is 225 g/mol. The van der Waals surface area contributed by atoms with Crippen molar-refractivity contribution in [2.45, 2.75) is 33.2 Å². The smallest absolute Gasteiger partial charge is 0.170 e. The van der Waals surface area contributed by atoms with Crippen LogP contribution >= 0.6 is 0 Å². The molecule has 0 amide bonds. The van der Waals surface area contributed by atoms with E-state index in [2.05, 4.69) is 18.8 Å². The lowest BCUT2D eigenvalue weighted by atomic mass is 10.2. The summed E-state index contributed by atoms with van der Waals surface area (Å²) in [6.45, 7) is 6.02. The molecule has 0 spiro atoms. The van der Waals surface area contributed by atoms with Gasteiger partial charge >= 0.3 is 0 Å². The largest absolute Gasteiger partial charge is 0.354 e. The highest BCUT2D eigenvalue weighted by molar-refractivity contribution is 5.43. The second-order valence-electron chi connectivity index (χ2n) is 3.80. The molecule has 0 unspecified atom stereocenters. The third-order valence-corrected chi connectivity index (χ3v) is 2.46. The van der Waals surface area contributed by atoms with Gasteiger partial charge in [0.15, 0.2) is 11.6 Å². The highest BCUT2D eigenvalue weighted by atomic mass is 19.1. The normalized spacial score (nSPS) is 10.5. The van der Waals surface area contributed by atoms with E-state index in [1.807, 2.05) is 4.90 Å². The summed E-state index contributed by atoms with van der Waals surface area (Å²) >= 11 is 0. The molecule has 1 aromatic heterocycles. The number of nitrogens with zero attached hydrogens (tertiary/aromatic N) is 2. The van der Waals surface area contributed by atoms with Crippen molar-refractivity contribution >= 4 is 5.82 Å². The fourth-order valence-electron chi connectivity index (χ4n) is 1.71. The standard InChI is InChI=1S/C12H20FN3/c1-3-7-16(8-4-2)12-11(13)10(9-14)5-6-15-12/h5-6H,3-4,7-9,14H2,1-2H3. The van der Waals surface area contributed by atoms with E-state index in [4.69, 9.17) is 5.73 Å². The van der Waals surface area contributed by atoms with Gasteiger partial charge in [0.25, 0.3) is 0 Å². The Morgan fingerprint density at radius 1 is 1.31 bits per heavy atom. The third-order valence-electron chi connectivity index (χ3n) is 2.46. The maximum absolute atomic E-state index is 14.0. The Morgan fingerprint density at radius 3 is 2.44 bits per heavy atom. The van der Waals surface area contributed by atoms with Crippen molar-refractivity contribution in [3.05, 3.63) is 23.6 Å². The van der Waals surface area contributed by atoms with Gasteiger partial charge < -0.3 is 10.6 Å². The van der Waals surface area contributed by atoms with Gasteiger partial charge in [-0.15, -0.1) is 0 Å². The Morgan fingerprint density at radius 2 is 1.94 bits per heavy atom. The molecular weight excluding hydrogens is 205 g/mol. The number of nitrogens with two attached hydrogens (primary N) is 1. The molecule has 2 N–H and O–H groups in total. The van der Waals surface area contributed by atoms with Crippen LogP contribution in [-0.2, 0) is 6.54 Å². The number of hydrogen-bond acceptors (Lipinski definition) is 3. The third kappa shape index (κ3) is 2.92. The van der Waals surface area contributed by atoms with Gasteiger partial charge in [-0.1, -0.05) is 13.8 Å². The van der Waals surface area contributed by atoms with Crippen LogP contribution in [0, 0.1) is 5.82 Å². The Balaban J connectivity index is 2.98. The van der Waals surface area contributed by atoms with E-state index >= 15 is 0 Å². The molecule has 3 nitrogen and oxygen atoms in total. The van der Waals surface area contributed by atoms with Crippen molar-refractivity contribution in [2.24, 2.45) is 5.73 Å². The average molecular weight is 225 g/mol. The molecule has 0 atom stereocenters. The molecule has 0 aliphatic rings. The van der Waals surface area contributed by atoms with Crippen LogP contribution < -0.4 is 10.6 Å². The Hall–Kier alpha value is -1.16. The highest BCUT2D eigenvalue weighted by Crippen LogP contribution is 2.19. The maximum Gasteiger partial charge on any atom is 0.170 e. The van der Waals surface area contributed by atoms with Crippen LogP contribution in [0.3, 0.4) is 0 Å². The van der Waals surface area contributed by atoms with Gasteiger partial charge in [-0.3, -0.25) is 0 Å². The average Bonchev–Trinajstić information content (AvgIpc) is 2.29. The first-order chi connectivity index (χ1) is 7.74. The molecule has 0 saturated heterocycles. The second-order valence-corrected chi connectivity index (χ2v) is 3.80. The van der Waals surface area contributed by atoms with Crippen LogP contribution in [0.15, 0.2) is 12.3 Å². The number of pyridine rings is 1. The zero-order chi connectivity index (χ0) is 12.0. The minimum absolute atomic E-state index is 0.216. The zero-order valence-corrected chi connectivity index (χ0v) is 10.0. The summed E-state index contributed by atoms with van der Waals surface area (Å²) in [6, 6.07) is 1.63. The van der Waals surface area contributed by atoms with E-state index in [0.29, 0.717) is 11.4 Å². The van der Waals surface area contributed by atoms with Crippen molar-refractivity contribution in [3.8, 4) is 0 Å². The molecule has 0 aliphatic carbocycles. The van der Waals surface area contributed by atoms with E-state index in [9.17, 15) is 4.39 Å². The van der Waals surface area contributed by atoms with Crippen molar-refractivity contribution in [1.82, 2.24) is 4.98 Å². The number of aromatic nitrogens is 1. The van der Waals surface area contributed by atoms with Crippen LogP contribution in [0.4, 0.5) is 10.2 Å². The fraction of sp³-hybridized carbons (Fsp3) is 0.583. The lowest BCUT2D eigenvalue weighted by Crippen LogP contribution is -2.27. The second kappa shape index (κ2) is 6.43. The lowest BCUT2D eigenvalue weighted by Gasteiger charge is -2.23. The van der Waals surface area contributed by atoms with Gasteiger partial charge in [0.2, 0.25) is 0 Å². The molecule has 16 heavy (non-hydrogen) atoms. The predicted octanol–water partition coefficient (Wildman–Crippen LogP) is 2.31. The topological polar surface area (TPSA) is 42.2 Å². The molecule has 0 bridgehead atoms. The summed E-state index contributed by atoms with van der Waals surface area (Å²) in [5.41, 5.74) is 6.01. The van der Waals surface area contributed by atoms with E-state index in [1.54, 1.807) is 12.3 Å². The van der Waals surface area contributed by atoms with Crippen LogP contribution in [0.2, 0.25) is 0 Å². The van der Waals surface area contributed by atoms with Crippen LogP contribution in [0.1, 0.15) is 32.3 Å². The van der Waals surface area contributed by atoms with Crippen molar-refractivity contribution in [2.75, 3.05) is 18.0 Å². The van der Waals surface area contributed by atoms with Crippen molar-refractivity contribution < 1.29 is 4.39 Å². The predicted molar refractivity (Wildman–Crippen MR) is 64.9 cm³/mol. The quantitative estimate of drug-likeness (QED) is 0.807. The van der Waals surface area contributed by atoms with Crippen LogP contribution in [-0.4, -0.2) is 18.1 Å². The van der Waals surface area contributed by atoms with Crippen molar-refractivity contribution in [1.29, 1.82) is 0 Å². The molecule has 0 saturated carbocycles. The molecule has 90 valence electrons. The van der Waals surface area contributed by atoms with Crippen LogP contribution in [0.25, 0.3) is 0 Å². The van der Waals surface area contributed by atoms with Gasteiger partial charge in [0.05, 0.1) is 0 Å². The van der Waals surface area contributed by atoms with Crippen LogP contribution in [0.5, 0.6) is 0 Å². The van der Waals surface area contributed by atoms with Gasteiger partial charge in [0.1, 0.15) is 0 Å². The van der Waals surface area contributed by atoms with E-state index < -0.39 is 0 Å². The molecule has 0 aliphatic heterocycles. The number of hydrogen-bond donors (Lipinski definition) is 1. The summed E-state index contributed by atoms with van der Waals surface area (Å²) in [4.78, 5) is 6.10. The minimum atomic E-state index is -0.271. The molecule has 1 rings (SSSR count). The first-order valence-corrected chi connectivity index (χ1v) is 5.82. The SMILES string of the molecule is CCCN(CCC)c1nccc(CN)c1F. The molecule has 1 aromatic rings. The first kappa shape index (κ1) is 12.9. The lowest BCUT2D eigenvalue weighted by molar-refractivity contribution is 0.589. The van der Waals surface area contributed by atoms with E-state index in [1.165, 1.54) is 0 Å². The van der Waals surface area contributed by atoms with Gasteiger partial charge in [-0.2, -0.15) is 0 Å². The summed E-state index contributed by atoms with van der Waals surface area (Å²) in [5, 5.41) is 0. The maximum atomic E-state index is 14.0. The van der Waals surface area contributed by atoms with E-state index in [0.717, 1.165) is 25.9 Å². The van der Waals surface area contributed by atoms with Crippen molar-refractivity contribution in [3.63, 3.8) is 0 Å². The highest BCUT2D eigenvalue weighted by Gasteiger charge is 2.14. The first-order valence-electron chi connectivity index (χ1n) is 5.82. The molecular formula is C12H20FN3. The van der Waals surface area contributed by atoms with Gasteiger partial charge in [-0.25, -0.2) is 9.37 Å². The Kier molecular flexibility index (Phi) is 5.19. The molecule has 0 aromatic carbocycles. The fourth-order valence-corrected chi connectivity index (χ4v) is 1.71. The summed E-state index contributed by atoms with van der Waals surface area (Å²) < 4.78 is 14.0. The molecule has 0 fully saturated rings. The zero-order valence-electron chi connectivity index (χ0n) is 10.0. The molecule has 4 heteroatoms. The Bertz CT molecular complexity index is 322. The summed E-state index contributed by atoms with van der Waals surface area (Å²) in [6.07, 6.45) is 3.58.